The fourth-order valence-electron chi connectivity index (χ4n) is 0.801. The van der Waals surface area contributed by atoms with Crippen molar-refractivity contribution in [2.75, 3.05) is 6.61 Å². The molecule has 1 aromatic rings. The molecule has 5 heteroatoms. The SMILES string of the molecule is CCOC(=O)c1cn(C)c(=O)[nH]1. The Balaban J connectivity index is 2.89. The number of aromatic nitrogens is 2. The number of rotatable bonds is 2. The van der Waals surface area contributed by atoms with E-state index >= 15 is 0 Å². The van der Waals surface area contributed by atoms with Crippen LogP contribution in [-0.4, -0.2) is 22.1 Å². The third kappa shape index (κ3) is 1.55. The Bertz CT molecular complexity index is 337. The molecule has 0 aliphatic heterocycles. The number of aryl methyl sites for hydroxylation is 1. The van der Waals surface area contributed by atoms with Crippen molar-refractivity contribution in [3.05, 3.63) is 22.4 Å². The number of H-pyrrole nitrogens is 1. The summed E-state index contributed by atoms with van der Waals surface area (Å²) >= 11 is 0. The molecular weight excluding hydrogens is 160 g/mol. The van der Waals surface area contributed by atoms with E-state index in [1.807, 2.05) is 0 Å². The van der Waals surface area contributed by atoms with Gasteiger partial charge in [0, 0.05) is 13.2 Å². The van der Waals surface area contributed by atoms with Crippen molar-refractivity contribution >= 4 is 5.97 Å². The number of imidazole rings is 1. The third-order valence-electron chi connectivity index (χ3n) is 1.38. The summed E-state index contributed by atoms with van der Waals surface area (Å²) in [4.78, 5) is 24.2. The Morgan fingerprint density at radius 3 is 2.83 bits per heavy atom. The largest absolute Gasteiger partial charge is 0.461 e. The van der Waals surface area contributed by atoms with Crippen LogP contribution in [0, 0.1) is 0 Å². The minimum Gasteiger partial charge on any atom is -0.461 e. The van der Waals surface area contributed by atoms with E-state index in [4.69, 9.17) is 0 Å². The van der Waals surface area contributed by atoms with E-state index in [9.17, 15) is 9.59 Å². The highest BCUT2D eigenvalue weighted by Gasteiger charge is 2.09. The molecule has 0 saturated heterocycles. The van der Waals surface area contributed by atoms with Gasteiger partial charge >= 0.3 is 11.7 Å². The van der Waals surface area contributed by atoms with Crippen molar-refractivity contribution in [1.29, 1.82) is 0 Å². The molecule has 1 N–H and O–H groups in total. The molecule has 0 aromatic carbocycles. The third-order valence-corrected chi connectivity index (χ3v) is 1.38. The maximum absolute atomic E-state index is 11.0. The van der Waals surface area contributed by atoms with Gasteiger partial charge in [0.15, 0.2) is 0 Å². The maximum Gasteiger partial charge on any atom is 0.356 e. The molecular formula is C7H10N2O3. The minimum absolute atomic E-state index is 0.185. The van der Waals surface area contributed by atoms with Gasteiger partial charge in [-0.2, -0.15) is 0 Å². The van der Waals surface area contributed by atoms with E-state index in [1.54, 1.807) is 14.0 Å². The molecule has 0 aliphatic rings. The van der Waals surface area contributed by atoms with Crippen LogP contribution in [-0.2, 0) is 11.8 Å². The number of carbonyl (C=O) groups is 1. The average Bonchev–Trinajstić information content (AvgIpc) is 2.33. The number of nitrogens with zero attached hydrogens (tertiary/aromatic N) is 1. The van der Waals surface area contributed by atoms with E-state index in [0.717, 1.165) is 0 Å². The predicted molar refractivity (Wildman–Crippen MR) is 42.0 cm³/mol. The lowest BCUT2D eigenvalue weighted by atomic mass is 10.5. The van der Waals surface area contributed by atoms with Crippen molar-refractivity contribution in [3.63, 3.8) is 0 Å². The van der Waals surface area contributed by atoms with Gasteiger partial charge in [-0.1, -0.05) is 0 Å². The van der Waals surface area contributed by atoms with Crippen LogP contribution in [0.1, 0.15) is 17.4 Å². The van der Waals surface area contributed by atoms with E-state index < -0.39 is 5.97 Å². The topological polar surface area (TPSA) is 64.1 Å². The van der Waals surface area contributed by atoms with E-state index in [1.165, 1.54) is 10.8 Å². The van der Waals surface area contributed by atoms with E-state index in [-0.39, 0.29) is 11.4 Å². The first-order valence-electron chi connectivity index (χ1n) is 3.58. The fraction of sp³-hybridized carbons (Fsp3) is 0.429. The van der Waals surface area contributed by atoms with Gasteiger partial charge < -0.3 is 14.3 Å². The van der Waals surface area contributed by atoms with Crippen molar-refractivity contribution in [2.24, 2.45) is 7.05 Å². The van der Waals surface area contributed by atoms with Crippen molar-refractivity contribution in [2.45, 2.75) is 6.92 Å². The minimum atomic E-state index is -0.504. The second kappa shape index (κ2) is 3.25. The summed E-state index contributed by atoms with van der Waals surface area (Å²) in [5, 5.41) is 0. The molecule has 66 valence electrons. The van der Waals surface area contributed by atoms with Crippen LogP contribution in [0.2, 0.25) is 0 Å². The quantitative estimate of drug-likeness (QED) is 0.630. The number of nitrogens with one attached hydrogen (secondary N) is 1. The van der Waals surface area contributed by atoms with E-state index in [0.29, 0.717) is 6.61 Å². The summed E-state index contributed by atoms with van der Waals surface area (Å²) in [7, 11) is 1.56. The first-order chi connectivity index (χ1) is 5.65. The summed E-state index contributed by atoms with van der Waals surface area (Å²) in [5.74, 6) is -0.504. The second-order valence-corrected chi connectivity index (χ2v) is 2.30. The zero-order valence-electron chi connectivity index (χ0n) is 6.96. The van der Waals surface area contributed by atoms with Gasteiger partial charge in [-0.25, -0.2) is 9.59 Å². The number of aromatic amines is 1. The summed E-state index contributed by atoms with van der Waals surface area (Å²) in [6.07, 6.45) is 1.40. The summed E-state index contributed by atoms with van der Waals surface area (Å²) in [6, 6.07) is 0. The molecule has 0 spiro atoms. The highest BCUT2D eigenvalue weighted by Crippen LogP contribution is 1.93. The molecule has 0 bridgehead atoms. The van der Waals surface area contributed by atoms with Gasteiger partial charge in [-0.15, -0.1) is 0 Å². The Morgan fingerprint density at radius 2 is 2.42 bits per heavy atom. The Hall–Kier alpha value is -1.52. The second-order valence-electron chi connectivity index (χ2n) is 2.30. The average molecular weight is 170 g/mol. The summed E-state index contributed by atoms with van der Waals surface area (Å²) < 4.78 is 5.96. The lowest BCUT2D eigenvalue weighted by molar-refractivity contribution is 0.0520. The number of hydrogen-bond acceptors (Lipinski definition) is 3. The van der Waals surface area contributed by atoms with Gasteiger partial charge in [0.05, 0.1) is 6.61 Å². The van der Waals surface area contributed by atoms with Crippen molar-refractivity contribution in [1.82, 2.24) is 9.55 Å². The van der Waals surface area contributed by atoms with Gasteiger partial charge in [0.25, 0.3) is 0 Å². The molecule has 1 aromatic heterocycles. The van der Waals surface area contributed by atoms with Crippen LogP contribution >= 0.6 is 0 Å². The standard InChI is InChI=1S/C7H10N2O3/c1-3-12-6(10)5-4-9(2)7(11)8-5/h4H,3H2,1-2H3,(H,8,11). The summed E-state index contributed by atoms with van der Waals surface area (Å²) in [5.41, 5.74) is -0.137. The Kier molecular flexibility index (Phi) is 2.32. The Labute approximate surface area is 69.0 Å². The molecule has 1 rings (SSSR count). The van der Waals surface area contributed by atoms with Gasteiger partial charge in [-0.3, -0.25) is 0 Å². The van der Waals surface area contributed by atoms with E-state index in [2.05, 4.69) is 9.72 Å². The van der Waals surface area contributed by atoms with Crippen LogP contribution < -0.4 is 5.69 Å². The number of hydrogen-bond donors (Lipinski definition) is 1. The fourth-order valence-corrected chi connectivity index (χ4v) is 0.801. The lowest BCUT2D eigenvalue weighted by Crippen LogP contribution is -2.12. The van der Waals surface area contributed by atoms with Gasteiger partial charge in [0.1, 0.15) is 5.69 Å². The highest BCUT2D eigenvalue weighted by atomic mass is 16.5. The molecule has 0 fully saturated rings. The van der Waals surface area contributed by atoms with Crippen LogP contribution in [0.25, 0.3) is 0 Å². The summed E-state index contributed by atoms with van der Waals surface area (Å²) in [6.45, 7) is 2.01. The number of ether oxygens (including phenoxy) is 1. The molecule has 0 saturated carbocycles. The Morgan fingerprint density at radius 1 is 1.75 bits per heavy atom. The predicted octanol–water partition coefficient (Wildman–Crippen LogP) is -0.110. The smallest absolute Gasteiger partial charge is 0.356 e. The van der Waals surface area contributed by atoms with Gasteiger partial charge in [-0.05, 0) is 6.92 Å². The highest BCUT2D eigenvalue weighted by molar-refractivity contribution is 5.86. The number of carbonyl (C=O) groups excluding carboxylic acids is 1. The molecule has 0 unspecified atom stereocenters. The van der Waals surface area contributed by atoms with Crippen molar-refractivity contribution < 1.29 is 9.53 Å². The lowest BCUT2D eigenvalue weighted by Gasteiger charge is -1.95. The monoisotopic (exact) mass is 170 g/mol. The van der Waals surface area contributed by atoms with Crippen molar-refractivity contribution in [3.8, 4) is 0 Å². The molecule has 5 nitrogen and oxygen atoms in total. The van der Waals surface area contributed by atoms with Crippen LogP contribution in [0.4, 0.5) is 0 Å². The van der Waals surface area contributed by atoms with Gasteiger partial charge in [0.2, 0.25) is 0 Å². The van der Waals surface area contributed by atoms with Crippen LogP contribution in [0.5, 0.6) is 0 Å². The molecule has 0 atom stereocenters. The molecule has 12 heavy (non-hydrogen) atoms. The molecule has 1 heterocycles. The molecule has 0 amide bonds. The molecule has 0 radical (unpaired) electrons. The zero-order chi connectivity index (χ0) is 9.14. The zero-order valence-corrected chi connectivity index (χ0v) is 6.96. The van der Waals surface area contributed by atoms with Crippen LogP contribution in [0.3, 0.4) is 0 Å². The normalized spacial score (nSPS) is 9.83. The first kappa shape index (κ1) is 8.58. The maximum atomic E-state index is 11.0. The number of esters is 1. The van der Waals surface area contributed by atoms with Crippen LogP contribution in [0.15, 0.2) is 11.0 Å². The first-order valence-corrected chi connectivity index (χ1v) is 3.58. The molecule has 0 aliphatic carbocycles.